The van der Waals surface area contributed by atoms with Crippen molar-refractivity contribution in [2.45, 2.75) is 39.2 Å². The Balaban J connectivity index is 0.00000450. The third-order valence-electron chi connectivity index (χ3n) is 4.90. The number of aliphatic imine (C=N–C) groups is 1. The predicted octanol–water partition coefficient (Wildman–Crippen LogP) is 3.06. The topological polar surface area (TPSA) is 92.0 Å². The van der Waals surface area contributed by atoms with Crippen LogP contribution in [0.2, 0.25) is 0 Å². The predicted molar refractivity (Wildman–Crippen MR) is 132 cm³/mol. The Morgan fingerprint density at radius 2 is 2.03 bits per heavy atom. The maximum absolute atomic E-state index is 10.7. The molecule has 0 spiro atoms. The van der Waals surface area contributed by atoms with Crippen LogP contribution in [0.3, 0.4) is 0 Å². The van der Waals surface area contributed by atoms with Gasteiger partial charge in [-0.15, -0.1) is 24.0 Å². The van der Waals surface area contributed by atoms with Gasteiger partial charge < -0.3 is 15.4 Å². The lowest BCUT2D eigenvalue weighted by atomic mass is 10.1. The van der Waals surface area contributed by atoms with Crippen LogP contribution in [0.1, 0.15) is 32.3 Å². The Morgan fingerprint density at radius 1 is 1.30 bits per heavy atom. The molecule has 1 aromatic carbocycles. The van der Waals surface area contributed by atoms with Gasteiger partial charge in [0.25, 0.3) is 5.69 Å². The molecule has 0 amide bonds. The lowest BCUT2D eigenvalue weighted by molar-refractivity contribution is -0.384. The summed E-state index contributed by atoms with van der Waals surface area (Å²) in [5.74, 6) is 1.46. The molecule has 1 aromatic rings. The van der Waals surface area contributed by atoms with Crippen LogP contribution in [-0.4, -0.2) is 68.3 Å². The maximum Gasteiger partial charge on any atom is 0.269 e. The number of morpholine rings is 1. The van der Waals surface area contributed by atoms with Gasteiger partial charge in [-0.05, 0) is 30.7 Å². The average molecular weight is 533 g/mol. The maximum atomic E-state index is 10.7. The Labute approximate surface area is 197 Å². The van der Waals surface area contributed by atoms with Crippen LogP contribution in [0.15, 0.2) is 29.3 Å². The quantitative estimate of drug-likeness (QED) is 0.120. The van der Waals surface area contributed by atoms with Crippen LogP contribution in [0, 0.1) is 16.0 Å². The summed E-state index contributed by atoms with van der Waals surface area (Å²) in [6.07, 6.45) is 3.10. The molecule has 1 unspecified atom stereocenters. The fraction of sp³-hybridized carbons (Fsp3) is 0.667. The number of nitrogens with zero attached hydrogens (tertiary/aromatic N) is 3. The number of rotatable bonds is 10. The number of hydrogen-bond acceptors (Lipinski definition) is 5. The van der Waals surface area contributed by atoms with Crippen molar-refractivity contribution >= 4 is 35.6 Å². The van der Waals surface area contributed by atoms with Gasteiger partial charge in [0.05, 0.1) is 17.6 Å². The molecular weight excluding hydrogens is 497 g/mol. The van der Waals surface area contributed by atoms with Gasteiger partial charge in [-0.25, -0.2) is 0 Å². The largest absolute Gasteiger partial charge is 0.374 e. The minimum atomic E-state index is -0.369. The SMILES string of the molecule is CN=C(NCCCCc1ccc([N+](=O)[O-])cc1)NCC1CN(CC(C)C)CCO1.I. The van der Waals surface area contributed by atoms with E-state index in [-0.39, 0.29) is 40.7 Å². The van der Waals surface area contributed by atoms with E-state index in [9.17, 15) is 10.1 Å². The fourth-order valence-corrected chi connectivity index (χ4v) is 3.46. The van der Waals surface area contributed by atoms with E-state index < -0.39 is 0 Å². The molecule has 170 valence electrons. The van der Waals surface area contributed by atoms with Crippen molar-refractivity contribution in [2.24, 2.45) is 10.9 Å². The number of hydrogen-bond donors (Lipinski definition) is 2. The van der Waals surface area contributed by atoms with E-state index in [2.05, 4.69) is 34.4 Å². The van der Waals surface area contributed by atoms with Crippen molar-refractivity contribution < 1.29 is 9.66 Å². The molecule has 1 aliphatic heterocycles. The van der Waals surface area contributed by atoms with Crippen LogP contribution in [0.4, 0.5) is 5.69 Å². The lowest BCUT2D eigenvalue weighted by Gasteiger charge is -2.34. The second kappa shape index (κ2) is 14.5. The molecule has 0 bridgehead atoms. The molecule has 0 aromatic heterocycles. The van der Waals surface area contributed by atoms with Crippen molar-refractivity contribution in [3.63, 3.8) is 0 Å². The highest BCUT2D eigenvalue weighted by atomic mass is 127. The summed E-state index contributed by atoms with van der Waals surface area (Å²) in [7, 11) is 1.78. The Morgan fingerprint density at radius 3 is 2.67 bits per heavy atom. The van der Waals surface area contributed by atoms with Gasteiger partial charge >= 0.3 is 0 Å². The molecule has 1 fully saturated rings. The number of guanidine groups is 1. The first-order valence-electron chi connectivity index (χ1n) is 10.5. The van der Waals surface area contributed by atoms with E-state index in [0.717, 1.165) is 70.1 Å². The van der Waals surface area contributed by atoms with E-state index in [0.29, 0.717) is 5.92 Å². The Kier molecular flexibility index (Phi) is 12.9. The third kappa shape index (κ3) is 10.0. The summed E-state index contributed by atoms with van der Waals surface area (Å²) in [5.41, 5.74) is 1.26. The minimum absolute atomic E-state index is 0. The second-order valence-corrected chi connectivity index (χ2v) is 7.91. The smallest absolute Gasteiger partial charge is 0.269 e. The first-order valence-corrected chi connectivity index (χ1v) is 10.5. The number of benzene rings is 1. The number of aryl methyl sites for hydroxylation is 1. The van der Waals surface area contributed by atoms with E-state index in [4.69, 9.17) is 4.74 Å². The van der Waals surface area contributed by atoms with Gasteiger partial charge in [0.15, 0.2) is 5.96 Å². The molecule has 1 aliphatic rings. The molecular formula is C21H36IN5O3. The highest BCUT2D eigenvalue weighted by Crippen LogP contribution is 2.13. The Bertz CT molecular complexity index is 655. The number of ether oxygens (including phenoxy) is 1. The molecule has 0 radical (unpaired) electrons. The lowest BCUT2D eigenvalue weighted by Crippen LogP contribution is -2.50. The van der Waals surface area contributed by atoms with Gasteiger partial charge in [-0.1, -0.05) is 26.0 Å². The minimum Gasteiger partial charge on any atom is -0.374 e. The summed E-state index contributed by atoms with van der Waals surface area (Å²) in [6.45, 7) is 9.93. The number of nitro groups is 1. The van der Waals surface area contributed by atoms with Crippen molar-refractivity contribution in [2.75, 3.05) is 46.4 Å². The second-order valence-electron chi connectivity index (χ2n) is 7.91. The zero-order valence-corrected chi connectivity index (χ0v) is 20.6. The summed E-state index contributed by atoms with van der Waals surface area (Å²) < 4.78 is 5.87. The molecule has 0 aliphatic carbocycles. The van der Waals surface area contributed by atoms with Crippen LogP contribution in [-0.2, 0) is 11.2 Å². The average Bonchev–Trinajstić information content (AvgIpc) is 2.70. The summed E-state index contributed by atoms with van der Waals surface area (Å²) >= 11 is 0. The molecule has 8 nitrogen and oxygen atoms in total. The van der Waals surface area contributed by atoms with Gasteiger partial charge in [-0.3, -0.25) is 20.0 Å². The van der Waals surface area contributed by atoms with E-state index in [1.165, 1.54) is 0 Å². The van der Waals surface area contributed by atoms with Crippen molar-refractivity contribution in [3.8, 4) is 0 Å². The molecule has 1 atom stereocenters. The number of nitro benzene ring substituents is 1. The third-order valence-corrected chi connectivity index (χ3v) is 4.90. The molecule has 2 N–H and O–H groups in total. The Hall–Kier alpha value is -1.46. The zero-order chi connectivity index (χ0) is 21.1. The number of unbranched alkanes of at least 4 members (excludes halogenated alkanes) is 1. The molecule has 1 heterocycles. The zero-order valence-electron chi connectivity index (χ0n) is 18.3. The van der Waals surface area contributed by atoms with E-state index in [1.54, 1.807) is 19.2 Å². The molecule has 30 heavy (non-hydrogen) atoms. The first-order chi connectivity index (χ1) is 14.0. The summed E-state index contributed by atoms with van der Waals surface area (Å²) in [6, 6.07) is 6.79. The van der Waals surface area contributed by atoms with Crippen LogP contribution in [0.25, 0.3) is 0 Å². The normalized spacial score (nSPS) is 17.5. The van der Waals surface area contributed by atoms with Crippen molar-refractivity contribution in [1.82, 2.24) is 15.5 Å². The van der Waals surface area contributed by atoms with Crippen molar-refractivity contribution in [1.29, 1.82) is 0 Å². The van der Waals surface area contributed by atoms with Gasteiger partial charge in [0, 0.05) is 51.9 Å². The number of non-ortho nitro benzene ring substituents is 1. The molecule has 0 saturated carbocycles. The number of halogens is 1. The monoisotopic (exact) mass is 533 g/mol. The standard InChI is InChI=1S/C21H35N5O3.HI/c1-17(2)15-25-12-13-29-20(16-25)14-24-21(22-3)23-11-5-4-6-18-7-9-19(10-8-18)26(27)28;/h7-10,17,20H,4-6,11-16H2,1-3H3,(H2,22,23,24);1H. The molecule has 1 saturated heterocycles. The fourth-order valence-electron chi connectivity index (χ4n) is 3.46. The van der Waals surface area contributed by atoms with Gasteiger partial charge in [-0.2, -0.15) is 0 Å². The van der Waals surface area contributed by atoms with E-state index >= 15 is 0 Å². The van der Waals surface area contributed by atoms with Crippen LogP contribution in [0.5, 0.6) is 0 Å². The number of nitrogens with one attached hydrogen (secondary N) is 2. The van der Waals surface area contributed by atoms with Crippen molar-refractivity contribution in [3.05, 3.63) is 39.9 Å². The summed E-state index contributed by atoms with van der Waals surface area (Å²) in [4.78, 5) is 17.1. The van der Waals surface area contributed by atoms with Crippen LogP contribution < -0.4 is 10.6 Å². The molecule has 9 heteroatoms. The van der Waals surface area contributed by atoms with Gasteiger partial charge in [0.2, 0.25) is 0 Å². The first kappa shape index (κ1) is 26.6. The highest BCUT2D eigenvalue weighted by molar-refractivity contribution is 14.0. The highest BCUT2D eigenvalue weighted by Gasteiger charge is 2.21. The van der Waals surface area contributed by atoms with Gasteiger partial charge in [0.1, 0.15) is 0 Å². The summed E-state index contributed by atoms with van der Waals surface area (Å²) in [5, 5.41) is 17.4. The van der Waals surface area contributed by atoms with Crippen LogP contribution >= 0.6 is 24.0 Å². The van der Waals surface area contributed by atoms with E-state index in [1.807, 2.05) is 12.1 Å². The molecule has 2 rings (SSSR count).